The third kappa shape index (κ3) is 6.54. The van der Waals surface area contributed by atoms with E-state index in [-0.39, 0.29) is 58.4 Å². The van der Waals surface area contributed by atoms with Crippen LogP contribution in [0.2, 0.25) is 0 Å². The summed E-state index contributed by atoms with van der Waals surface area (Å²) in [6.45, 7) is 5.95. The van der Waals surface area contributed by atoms with Crippen LogP contribution >= 0.6 is 17.0 Å². The van der Waals surface area contributed by atoms with Crippen molar-refractivity contribution in [1.82, 2.24) is 5.32 Å². The van der Waals surface area contributed by atoms with Crippen molar-refractivity contribution in [3.8, 4) is 0 Å². The maximum Gasteiger partial charge on any atom is 0.372 e. The molecule has 0 aromatic carbocycles. The molecule has 1 aromatic heterocycles. The molecule has 9 aliphatic rings. The number of aromatic nitrogens is 1. The molecule has 10 rings (SSSR count). The molecule has 0 spiro atoms. The Bertz CT molecular complexity index is 1380. The van der Waals surface area contributed by atoms with Gasteiger partial charge in [0.15, 0.2) is 12.4 Å². The Morgan fingerprint density at radius 3 is 1.58 bits per heavy atom. The number of hydrogen-bond acceptors (Lipinski definition) is 7. The molecule has 8 saturated carbocycles. The summed E-state index contributed by atoms with van der Waals surface area (Å²) in [7, 11) is 0. The van der Waals surface area contributed by atoms with E-state index in [0.717, 1.165) is 44.1 Å². The van der Waals surface area contributed by atoms with Crippen LogP contribution < -0.4 is 26.9 Å². The number of hydrogen-bond donors (Lipinski definition) is 1. The molecule has 1 aromatic rings. The van der Waals surface area contributed by atoms with Gasteiger partial charge >= 0.3 is 17.9 Å². The van der Waals surface area contributed by atoms with Crippen LogP contribution in [0, 0.1) is 35.5 Å². The molecule has 8 aliphatic carbocycles. The predicted octanol–water partition coefficient (Wildman–Crippen LogP) is 3.38. The van der Waals surface area contributed by atoms with Crippen LogP contribution in [-0.4, -0.2) is 35.7 Å². The second kappa shape index (κ2) is 13.5. The Balaban J connectivity index is 0.00000201. The number of allylic oxidation sites excluding steroid dienone is 2. The van der Waals surface area contributed by atoms with Crippen molar-refractivity contribution >= 4 is 34.9 Å². The fourth-order valence-electron chi connectivity index (χ4n) is 11.9. The van der Waals surface area contributed by atoms with Crippen molar-refractivity contribution in [3.05, 3.63) is 52.6 Å². The molecule has 8 nitrogen and oxygen atoms in total. The van der Waals surface area contributed by atoms with E-state index in [2.05, 4.69) is 5.32 Å². The lowest BCUT2D eigenvalue weighted by Gasteiger charge is -2.56. The average Bonchev–Trinajstić information content (AvgIpc) is 2.95. The largest absolute Gasteiger partial charge is 1.00 e. The summed E-state index contributed by atoms with van der Waals surface area (Å²) >= 11 is 0. The third-order valence-electron chi connectivity index (χ3n) is 12.6. The molecular weight excluding hydrogens is 740 g/mol. The summed E-state index contributed by atoms with van der Waals surface area (Å²) in [5.41, 5.74) is 2.25. The van der Waals surface area contributed by atoms with Crippen LogP contribution in [0.3, 0.4) is 0 Å². The summed E-state index contributed by atoms with van der Waals surface area (Å²) in [5, 5.41) is 3.40. The number of rotatable bonds is 8. The third-order valence-corrected chi connectivity index (χ3v) is 12.6. The molecule has 0 atom stereocenters. The number of carbonyl (C=O) groups is 3. The van der Waals surface area contributed by atoms with Crippen LogP contribution in [0.4, 0.5) is 0 Å². The Morgan fingerprint density at radius 2 is 1.19 bits per heavy atom. The smallest absolute Gasteiger partial charge is 0.372 e. The van der Waals surface area contributed by atoms with Crippen molar-refractivity contribution in [2.24, 2.45) is 35.5 Å². The van der Waals surface area contributed by atoms with Gasteiger partial charge in [-0.3, -0.25) is 0 Å². The van der Waals surface area contributed by atoms with E-state index in [1.54, 1.807) is 11.5 Å². The first-order valence-electron chi connectivity index (χ1n) is 17.9. The van der Waals surface area contributed by atoms with E-state index in [1.807, 2.05) is 38.4 Å². The average molecular weight is 791 g/mol. The number of carbonyl (C=O) groups excluding carboxylic acids is 3. The molecule has 8 fully saturated rings. The van der Waals surface area contributed by atoms with E-state index < -0.39 is 17.1 Å². The second-order valence-electron chi connectivity index (χ2n) is 16.2. The van der Waals surface area contributed by atoms with Crippen molar-refractivity contribution in [2.75, 3.05) is 6.61 Å². The van der Waals surface area contributed by atoms with Gasteiger partial charge in [0.05, 0.1) is 23.7 Å². The van der Waals surface area contributed by atoms with E-state index in [0.29, 0.717) is 64.7 Å². The van der Waals surface area contributed by atoms with Crippen molar-refractivity contribution in [2.45, 2.75) is 121 Å². The molecule has 1 N–H and O–H groups in total. The maximum atomic E-state index is 14.5. The maximum absolute atomic E-state index is 14.5. The van der Waals surface area contributed by atoms with Crippen molar-refractivity contribution < 1.29 is 50.1 Å². The highest BCUT2D eigenvalue weighted by Crippen LogP contribution is 2.59. The number of pyridine rings is 1. The van der Waals surface area contributed by atoms with Gasteiger partial charge < -0.3 is 36.5 Å². The standard InChI is InChI=1S/C38H48N2O6.2BrH/c1-4-44-31(41)21-40-7-5-6-30(20-40)34-32(35(42)45-37-14-24-8-25(15-37)10-26(9-24)16-37)22(2)39-23(3)33(34)36(43)46-38-17-27-11-28(18-38)13-29(12-27)19-38;;/h5-7,20,24-29,34H,4,8-19,21H2,1-3H3;2*1H. The minimum atomic E-state index is -0.682. The second-order valence-corrected chi connectivity index (χ2v) is 16.2. The highest BCUT2D eigenvalue weighted by Gasteiger charge is 2.56. The van der Waals surface area contributed by atoms with Gasteiger partial charge in [-0.1, -0.05) is 0 Å². The zero-order valence-electron chi connectivity index (χ0n) is 28.4. The summed E-state index contributed by atoms with van der Waals surface area (Å²) in [4.78, 5) is 41.5. The Labute approximate surface area is 305 Å². The molecule has 8 bridgehead atoms. The Hall–Kier alpha value is -2.20. The first-order valence-corrected chi connectivity index (χ1v) is 17.9. The lowest BCUT2D eigenvalue weighted by atomic mass is 9.54. The number of ether oxygens (including phenoxy) is 3. The van der Waals surface area contributed by atoms with Gasteiger partial charge in [-0.2, -0.15) is 4.57 Å². The van der Waals surface area contributed by atoms with Crippen molar-refractivity contribution in [3.63, 3.8) is 0 Å². The van der Waals surface area contributed by atoms with Crippen LogP contribution in [0.15, 0.2) is 47.1 Å². The number of esters is 3. The van der Waals surface area contributed by atoms with Gasteiger partial charge in [0, 0.05) is 23.0 Å². The lowest BCUT2D eigenvalue weighted by molar-refractivity contribution is -0.686. The first kappa shape index (κ1) is 35.6. The summed E-state index contributed by atoms with van der Waals surface area (Å²) in [5.74, 6) is 2.12. The van der Waals surface area contributed by atoms with E-state index in [1.165, 1.54) is 38.5 Å². The predicted molar refractivity (Wildman–Crippen MR) is 179 cm³/mol. The molecular formula is C38H50Br2N2O6. The zero-order valence-corrected chi connectivity index (χ0v) is 31.7. The molecule has 48 heavy (non-hydrogen) atoms. The Morgan fingerprint density at radius 1 is 0.771 bits per heavy atom. The highest BCUT2D eigenvalue weighted by molar-refractivity contribution is 8.93. The monoisotopic (exact) mass is 788 g/mol. The van der Waals surface area contributed by atoms with Crippen LogP contribution in [0.25, 0.3) is 0 Å². The van der Waals surface area contributed by atoms with Gasteiger partial charge in [0.2, 0.25) is 6.54 Å². The number of halogens is 2. The number of dihydropyridines is 1. The number of nitrogens with one attached hydrogen (secondary N) is 1. The quantitative estimate of drug-likeness (QED) is 0.246. The zero-order chi connectivity index (χ0) is 31.8. The fraction of sp³-hybridized carbons (Fsp3) is 0.684. The van der Waals surface area contributed by atoms with Gasteiger partial charge in [-0.25, -0.2) is 14.4 Å². The molecule has 1 aliphatic heterocycles. The van der Waals surface area contributed by atoms with Gasteiger partial charge in [-0.05, 0) is 139 Å². The van der Waals surface area contributed by atoms with E-state index >= 15 is 0 Å². The minimum Gasteiger partial charge on any atom is -1.00 e. The minimum absolute atomic E-state index is 0. The van der Waals surface area contributed by atoms with Crippen LogP contribution in [0.1, 0.15) is 109 Å². The van der Waals surface area contributed by atoms with Crippen LogP contribution in [0.5, 0.6) is 0 Å². The summed E-state index contributed by atoms with van der Waals surface area (Å²) in [6.07, 6.45) is 16.9. The first-order chi connectivity index (χ1) is 22.1. The molecule has 10 heteroatoms. The molecule has 0 saturated heterocycles. The Kier molecular flexibility index (Phi) is 10.0. The topological polar surface area (TPSA) is 94.8 Å². The highest BCUT2D eigenvalue weighted by atomic mass is 79.9. The normalized spacial score (nSPS) is 36.9. The SMILES string of the molecule is Br.CCOC(=O)C[n+]1cccc(C2C(C(=O)OC34CC5CC(CC(C5)C3)C4)=C(C)NC(C)=C2C(=O)OC23CC4CC(CC(C4)C2)C3)c1.[Br-]. The molecule has 262 valence electrons. The molecule has 0 radical (unpaired) electrons. The van der Waals surface area contributed by atoms with E-state index in [4.69, 9.17) is 14.2 Å². The van der Waals surface area contributed by atoms with Gasteiger partial charge in [-0.15, -0.1) is 17.0 Å². The number of nitrogens with zero attached hydrogens (tertiary/aromatic N) is 1. The van der Waals surface area contributed by atoms with E-state index in [9.17, 15) is 14.4 Å². The summed E-state index contributed by atoms with van der Waals surface area (Å²) in [6, 6.07) is 3.81. The fourth-order valence-corrected chi connectivity index (χ4v) is 11.9. The molecule has 0 amide bonds. The van der Waals surface area contributed by atoms with Gasteiger partial charge in [0.25, 0.3) is 0 Å². The molecule has 2 heterocycles. The van der Waals surface area contributed by atoms with Crippen LogP contribution in [-0.2, 0) is 35.1 Å². The lowest BCUT2D eigenvalue weighted by Crippen LogP contribution is -3.00. The van der Waals surface area contributed by atoms with Crippen molar-refractivity contribution in [1.29, 1.82) is 0 Å². The van der Waals surface area contributed by atoms with Gasteiger partial charge in [0.1, 0.15) is 11.2 Å². The summed E-state index contributed by atoms with van der Waals surface area (Å²) < 4.78 is 20.3. The molecule has 0 unspecified atom stereocenters.